The van der Waals surface area contributed by atoms with Crippen molar-refractivity contribution in [1.29, 1.82) is 0 Å². The fraction of sp³-hybridized carbons (Fsp3) is 0.167. The van der Waals surface area contributed by atoms with Crippen LogP contribution in [0.15, 0.2) is 52.9 Å². The SMILES string of the molecule is CC(=O)Nc1ccc(S(C)(=O)=O)c(-c2cccn2C)c1-c1cccs1. The molecule has 2 heterocycles. The van der Waals surface area contributed by atoms with Crippen molar-refractivity contribution in [2.75, 3.05) is 11.6 Å². The second kappa shape index (κ2) is 6.50. The van der Waals surface area contributed by atoms with E-state index in [1.54, 1.807) is 12.1 Å². The molecule has 0 spiro atoms. The van der Waals surface area contributed by atoms with Gasteiger partial charge in [-0.25, -0.2) is 8.42 Å². The summed E-state index contributed by atoms with van der Waals surface area (Å²) in [5, 5.41) is 4.75. The van der Waals surface area contributed by atoms with Crippen molar-refractivity contribution in [2.24, 2.45) is 7.05 Å². The van der Waals surface area contributed by atoms with Crippen LogP contribution in [0.5, 0.6) is 0 Å². The van der Waals surface area contributed by atoms with E-state index in [0.717, 1.165) is 16.1 Å². The smallest absolute Gasteiger partial charge is 0.221 e. The molecule has 5 nitrogen and oxygen atoms in total. The number of aromatic nitrogens is 1. The second-order valence-corrected chi connectivity index (χ2v) is 8.73. The van der Waals surface area contributed by atoms with Gasteiger partial charge in [-0.15, -0.1) is 11.3 Å². The third-order valence-corrected chi connectivity index (χ3v) is 5.87. The standard InChI is InChI=1S/C18H18N2O3S2/c1-12(21)19-13-8-9-16(25(3,22)23)18(14-6-4-10-20(14)2)17(13)15-7-5-11-24-15/h4-11H,1-3H3,(H,19,21). The predicted octanol–water partition coefficient (Wildman–Crippen LogP) is 3.78. The van der Waals surface area contributed by atoms with Gasteiger partial charge in [0.1, 0.15) is 0 Å². The zero-order valence-corrected chi connectivity index (χ0v) is 15.7. The van der Waals surface area contributed by atoms with E-state index in [-0.39, 0.29) is 10.8 Å². The number of thiophene rings is 1. The minimum absolute atomic E-state index is 0.206. The molecule has 0 fully saturated rings. The summed E-state index contributed by atoms with van der Waals surface area (Å²) in [6, 6.07) is 10.8. The zero-order chi connectivity index (χ0) is 18.2. The third-order valence-electron chi connectivity index (χ3n) is 3.84. The van der Waals surface area contributed by atoms with Gasteiger partial charge in [0.05, 0.1) is 10.6 Å². The van der Waals surface area contributed by atoms with Gasteiger partial charge in [0.15, 0.2) is 9.84 Å². The number of benzene rings is 1. The van der Waals surface area contributed by atoms with Crippen molar-refractivity contribution in [3.63, 3.8) is 0 Å². The number of sulfone groups is 1. The number of hydrogen-bond acceptors (Lipinski definition) is 4. The molecule has 0 aliphatic carbocycles. The first-order valence-electron chi connectivity index (χ1n) is 7.59. The topological polar surface area (TPSA) is 68.2 Å². The van der Waals surface area contributed by atoms with Crippen molar-refractivity contribution < 1.29 is 13.2 Å². The Kier molecular flexibility index (Phi) is 4.53. The highest BCUT2D eigenvalue weighted by atomic mass is 32.2. The number of rotatable bonds is 4. The summed E-state index contributed by atoms with van der Waals surface area (Å²) in [6.07, 6.45) is 3.07. The van der Waals surface area contributed by atoms with Crippen LogP contribution in [0.3, 0.4) is 0 Å². The van der Waals surface area contributed by atoms with E-state index < -0.39 is 9.84 Å². The number of nitrogens with zero attached hydrogens (tertiary/aromatic N) is 1. The Hall–Kier alpha value is -2.38. The van der Waals surface area contributed by atoms with E-state index in [2.05, 4.69) is 5.32 Å². The summed E-state index contributed by atoms with van der Waals surface area (Å²) in [5.74, 6) is -0.206. The minimum atomic E-state index is -3.46. The average molecular weight is 374 g/mol. The van der Waals surface area contributed by atoms with Crippen LogP contribution in [0.25, 0.3) is 21.7 Å². The molecule has 1 amide bonds. The quantitative estimate of drug-likeness (QED) is 0.756. The number of aryl methyl sites for hydroxylation is 1. The molecule has 0 aliphatic heterocycles. The first-order valence-corrected chi connectivity index (χ1v) is 10.4. The predicted molar refractivity (Wildman–Crippen MR) is 102 cm³/mol. The van der Waals surface area contributed by atoms with Gasteiger partial charge in [-0.1, -0.05) is 6.07 Å². The number of carbonyl (C=O) groups excluding carboxylic acids is 1. The number of nitrogens with one attached hydrogen (secondary N) is 1. The van der Waals surface area contributed by atoms with Crippen LogP contribution >= 0.6 is 11.3 Å². The highest BCUT2D eigenvalue weighted by molar-refractivity contribution is 7.90. The Morgan fingerprint density at radius 2 is 1.88 bits per heavy atom. The number of amides is 1. The van der Waals surface area contributed by atoms with Gasteiger partial charge in [-0.3, -0.25) is 4.79 Å². The third kappa shape index (κ3) is 3.38. The lowest BCUT2D eigenvalue weighted by Crippen LogP contribution is -2.10. The van der Waals surface area contributed by atoms with E-state index in [1.165, 1.54) is 24.5 Å². The van der Waals surface area contributed by atoms with Gasteiger partial charge >= 0.3 is 0 Å². The van der Waals surface area contributed by atoms with Crippen molar-refractivity contribution in [2.45, 2.75) is 11.8 Å². The summed E-state index contributed by atoms with van der Waals surface area (Å²) in [4.78, 5) is 12.8. The molecule has 0 unspecified atom stereocenters. The molecule has 1 N–H and O–H groups in total. The lowest BCUT2D eigenvalue weighted by Gasteiger charge is -2.18. The maximum atomic E-state index is 12.4. The van der Waals surface area contributed by atoms with Crippen molar-refractivity contribution >= 4 is 32.8 Å². The molecule has 7 heteroatoms. The fourth-order valence-electron chi connectivity index (χ4n) is 2.84. The average Bonchev–Trinajstić information content (AvgIpc) is 3.16. The highest BCUT2D eigenvalue weighted by Crippen LogP contribution is 2.43. The molecular formula is C18H18N2O3S2. The van der Waals surface area contributed by atoms with Crippen LogP contribution < -0.4 is 5.32 Å². The molecule has 0 saturated carbocycles. The van der Waals surface area contributed by atoms with Gasteiger partial charge < -0.3 is 9.88 Å². The Bertz CT molecular complexity index is 1030. The Morgan fingerprint density at radius 1 is 1.12 bits per heavy atom. The molecule has 0 atom stereocenters. The Labute approximate surface area is 150 Å². The summed E-state index contributed by atoms with van der Waals surface area (Å²) in [7, 11) is -1.59. The number of hydrogen-bond donors (Lipinski definition) is 1. The zero-order valence-electron chi connectivity index (χ0n) is 14.1. The molecule has 25 heavy (non-hydrogen) atoms. The van der Waals surface area contributed by atoms with Gasteiger partial charge in [0.25, 0.3) is 0 Å². The molecule has 2 aromatic heterocycles. The number of carbonyl (C=O) groups is 1. The molecular weight excluding hydrogens is 356 g/mol. The first-order chi connectivity index (χ1) is 11.8. The molecule has 0 bridgehead atoms. The van der Waals surface area contributed by atoms with Crippen LogP contribution in [0.1, 0.15) is 6.92 Å². The molecule has 0 aliphatic rings. The van der Waals surface area contributed by atoms with Crippen molar-refractivity contribution in [1.82, 2.24) is 4.57 Å². The first kappa shape index (κ1) is 17.4. The van der Waals surface area contributed by atoms with E-state index in [4.69, 9.17) is 0 Å². The largest absolute Gasteiger partial charge is 0.351 e. The summed E-state index contributed by atoms with van der Waals surface area (Å²) in [6.45, 7) is 1.44. The van der Waals surface area contributed by atoms with Crippen molar-refractivity contribution in [3.05, 3.63) is 48.0 Å². The monoisotopic (exact) mass is 374 g/mol. The van der Waals surface area contributed by atoms with E-state index in [1.807, 2.05) is 47.5 Å². The van der Waals surface area contributed by atoms with Gasteiger partial charge in [-0.05, 0) is 35.7 Å². The van der Waals surface area contributed by atoms with Crippen LogP contribution in [0.2, 0.25) is 0 Å². The van der Waals surface area contributed by atoms with Gasteiger partial charge in [0, 0.05) is 48.1 Å². The van der Waals surface area contributed by atoms with Crippen molar-refractivity contribution in [3.8, 4) is 21.7 Å². The van der Waals surface area contributed by atoms with Crippen LogP contribution in [-0.2, 0) is 21.7 Å². The molecule has 0 saturated heterocycles. The van der Waals surface area contributed by atoms with Crippen LogP contribution in [-0.4, -0.2) is 25.1 Å². The van der Waals surface area contributed by atoms with E-state index >= 15 is 0 Å². The maximum absolute atomic E-state index is 12.4. The highest BCUT2D eigenvalue weighted by Gasteiger charge is 2.24. The van der Waals surface area contributed by atoms with Gasteiger partial charge in [0.2, 0.25) is 5.91 Å². The lowest BCUT2D eigenvalue weighted by molar-refractivity contribution is -0.114. The summed E-state index contributed by atoms with van der Waals surface area (Å²) in [5.41, 5.74) is 2.69. The van der Waals surface area contributed by atoms with E-state index in [9.17, 15) is 13.2 Å². The van der Waals surface area contributed by atoms with E-state index in [0.29, 0.717) is 11.3 Å². The second-order valence-electron chi connectivity index (χ2n) is 5.80. The van der Waals surface area contributed by atoms with Crippen LogP contribution in [0.4, 0.5) is 5.69 Å². The normalized spacial score (nSPS) is 11.5. The summed E-state index contributed by atoms with van der Waals surface area (Å²) >= 11 is 1.50. The lowest BCUT2D eigenvalue weighted by atomic mass is 10.0. The molecule has 3 aromatic rings. The fourth-order valence-corrected chi connectivity index (χ4v) is 4.52. The Balaban J connectivity index is 2.46. The maximum Gasteiger partial charge on any atom is 0.221 e. The molecule has 1 aromatic carbocycles. The van der Waals surface area contributed by atoms with Gasteiger partial charge in [-0.2, -0.15) is 0 Å². The Morgan fingerprint density at radius 3 is 2.40 bits per heavy atom. The number of anilines is 1. The molecule has 130 valence electrons. The summed E-state index contributed by atoms with van der Waals surface area (Å²) < 4.78 is 26.7. The molecule has 3 rings (SSSR count). The molecule has 0 radical (unpaired) electrons. The van der Waals surface area contributed by atoms with Crippen LogP contribution in [0, 0.1) is 0 Å². The minimum Gasteiger partial charge on any atom is -0.351 e.